The summed E-state index contributed by atoms with van der Waals surface area (Å²) >= 11 is 4.09. The molecule has 0 aromatic carbocycles. The number of hydrogen-bond donors (Lipinski definition) is 1. The molecule has 12 heavy (non-hydrogen) atoms. The highest BCUT2D eigenvalue weighted by molar-refractivity contribution is 7.80. The van der Waals surface area contributed by atoms with E-state index in [-0.39, 0.29) is 6.04 Å². The molecule has 1 aromatic heterocycles. The summed E-state index contributed by atoms with van der Waals surface area (Å²) in [5.41, 5.74) is 0. The summed E-state index contributed by atoms with van der Waals surface area (Å²) in [6, 6.07) is 5.69. The molecule has 1 heterocycles. The van der Waals surface area contributed by atoms with Crippen LogP contribution in [-0.4, -0.2) is 16.8 Å². The van der Waals surface area contributed by atoms with Crippen molar-refractivity contribution in [3.05, 3.63) is 24.4 Å². The second-order valence-corrected chi connectivity index (χ2v) is 2.80. The zero-order chi connectivity index (χ0) is 8.81. The van der Waals surface area contributed by atoms with Crippen molar-refractivity contribution < 1.29 is 0 Å². The van der Waals surface area contributed by atoms with Gasteiger partial charge in [0.1, 0.15) is 0 Å². The first-order valence-electron chi connectivity index (χ1n) is 3.75. The van der Waals surface area contributed by atoms with Crippen LogP contribution in [0.5, 0.6) is 0 Å². The van der Waals surface area contributed by atoms with Crippen LogP contribution < -0.4 is 0 Å². The Kier molecular flexibility index (Phi) is 3.73. The summed E-state index contributed by atoms with van der Waals surface area (Å²) in [4.78, 5) is 4.00. The third-order valence-electron chi connectivity index (χ3n) is 1.27. The number of nitrogens with zero attached hydrogens (tertiary/aromatic N) is 3. The molecule has 0 aliphatic heterocycles. The summed E-state index contributed by atoms with van der Waals surface area (Å²) in [5.74, 6) is 1.35. The summed E-state index contributed by atoms with van der Waals surface area (Å²) < 4.78 is 0. The van der Waals surface area contributed by atoms with Crippen molar-refractivity contribution in [3.63, 3.8) is 0 Å². The zero-order valence-electron chi connectivity index (χ0n) is 6.88. The predicted molar refractivity (Wildman–Crippen MR) is 52.1 cm³/mol. The Labute approximate surface area is 77.3 Å². The molecule has 0 aliphatic carbocycles. The number of hydrogen-bond acceptors (Lipinski definition) is 4. The fraction of sp³-hybridized carbons (Fsp3) is 0.375. The SMILES string of the molecule is CC(CS)N=Nc1ccccn1. The fourth-order valence-corrected chi connectivity index (χ4v) is 0.680. The minimum Gasteiger partial charge on any atom is -0.236 e. The van der Waals surface area contributed by atoms with E-state index in [1.165, 1.54) is 0 Å². The van der Waals surface area contributed by atoms with E-state index in [9.17, 15) is 0 Å². The molecule has 0 fully saturated rings. The maximum atomic E-state index is 4.09. The van der Waals surface area contributed by atoms with Crippen LogP contribution >= 0.6 is 12.6 Å². The second-order valence-electron chi connectivity index (χ2n) is 2.44. The molecule has 0 radical (unpaired) electrons. The smallest absolute Gasteiger partial charge is 0.173 e. The lowest BCUT2D eigenvalue weighted by molar-refractivity contribution is 0.788. The third kappa shape index (κ3) is 3.00. The molecule has 0 saturated carbocycles. The Hall–Kier alpha value is -0.900. The summed E-state index contributed by atoms with van der Waals surface area (Å²) in [6.07, 6.45) is 1.69. The molecule has 0 aliphatic rings. The Balaban J connectivity index is 2.58. The van der Waals surface area contributed by atoms with E-state index in [1.807, 2.05) is 25.1 Å². The molecule has 0 bridgehead atoms. The largest absolute Gasteiger partial charge is 0.236 e. The van der Waals surface area contributed by atoms with Crippen molar-refractivity contribution in [2.75, 3.05) is 5.75 Å². The second kappa shape index (κ2) is 4.87. The topological polar surface area (TPSA) is 37.6 Å². The maximum absolute atomic E-state index is 4.09. The van der Waals surface area contributed by atoms with Gasteiger partial charge in [-0.25, -0.2) is 4.98 Å². The highest BCUT2D eigenvalue weighted by Crippen LogP contribution is 2.07. The van der Waals surface area contributed by atoms with Crippen LogP contribution in [0.4, 0.5) is 5.82 Å². The minimum absolute atomic E-state index is 0.148. The minimum atomic E-state index is 0.148. The molecule has 4 heteroatoms. The summed E-state index contributed by atoms with van der Waals surface area (Å²) in [7, 11) is 0. The molecular formula is C8H11N3S. The van der Waals surface area contributed by atoms with Crippen LogP contribution in [0, 0.1) is 0 Å². The van der Waals surface area contributed by atoms with E-state index in [2.05, 4.69) is 27.8 Å². The van der Waals surface area contributed by atoms with E-state index in [0.29, 0.717) is 11.6 Å². The fourth-order valence-electron chi connectivity index (χ4n) is 0.607. The molecule has 64 valence electrons. The van der Waals surface area contributed by atoms with Crippen molar-refractivity contribution in [1.29, 1.82) is 0 Å². The van der Waals surface area contributed by atoms with Gasteiger partial charge in [-0.2, -0.15) is 17.7 Å². The first kappa shape index (κ1) is 9.19. The van der Waals surface area contributed by atoms with Crippen molar-refractivity contribution in [1.82, 2.24) is 4.98 Å². The molecule has 1 aromatic rings. The van der Waals surface area contributed by atoms with Gasteiger partial charge in [0, 0.05) is 11.9 Å². The highest BCUT2D eigenvalue weighted by Gasteiger charge is 1.93. The maximum Gasteiger partial charge on any atom is 0.173 e. The Morgan fingerprint density at radius 2 is 2.42 bits per heavy atom. The van der Waals surface area contributed by atoms with Crippen LogP contribution in [0.3, 0.4) is 0 Å². The first-order chi connectivity index (χ1) is 5.83. The average Bonchev–Trinajstić information content (AvgIpc) is 2.16. The average molecular weight is 181 g/mol. The van der Waals surface area contributed by atoms with E-state index in [4.69, 9.17) is 0 Å². The molecule has 3 nitrogen and oxygen atoms in total. The van der Waals surface area contributed by atoms with Gasteiger partial charge in [0.15, 0.2) is 5.82 Å². The van der Waals surface area contributed by atoms with Crippen LogP contribution in [0.1, 0.15) is 6.92 Å². The molecule has 0 spiro atoms. The quantitative estimate of drug-likeness (QED) is 0.564. The van der Waals surface area contributed by atoms with E-state index in [0.717, 1.165) is 0 Å². The molecular weight excluding hydrogens is 170 g/mol. The normalized spacial score (nSPS) is 13.5. The van der Waals surface area contributed by atoms with Crippen molar-refractivity contribution in [2.24, 2.45) is 10.2 Å². The van der Waals surface area contributed by atoms with Crippen molar-refractivity contribution in [3.8, 4) is 0 Å². The van der Waals surface area contributed by atoms with Crippen LogP contribution in [0.25, 0.3) is 0 Å². The number of thiol groups is 1. The molecule has 1 atom stereocenters. The van der Waals surface area contributed by atoms with Gasteiger partial charge in [-0.05, 0) is 19.1 Å². The lowest BCUT2D eigenvalue weighted by Gasteiger charge is -1.96. The Morgan fingerprint density at radius 1 is 1.58 bits per heavy atom. The van der Waals surface area contributed by atoms with Gasteiger partial charge < -0.3 is 0 Å². The van der Waals surface area contributed by atoms with E-state index in [1.54, 1.807) is 6.20 Å². The van der Waals surface area contributed by atoms with Gasteiger partial charge in [0.05, 0.1) is 6.04 Å². The van der Waals surface area contributed by atoms with Crippen molar-refractivity contribution >= 4 is 18.4 Å². The Bertz CT molecular complexity index is 248. The van der Waals surface area contributed by atoms with Gasteiger partial charge in [-0.15, -0.1) is 5.11 Å². The van der Waals surface area contributed by atoms with E-state index < -0.39 is 0 Å². The number of rotatable bonds is 3. The van der Waals surface area contributed by atoms with Crippen LogP contribution in [0.15, 0.2) is 34.6 Å². The summed E-state index contributed by atoms with van der Waals surface area (Å²) in [6.45, 7) is 1.96. The lowest BCUT2D eigenvalue weighted by Crippen LogP contribution is -1.96. The van der Waals surface area contributed by atoms with E-state index >= 15 is 0 Å². The molecule has 1 rings (SSSR count). The number of azo groups is 1. The Morgan fingerprint density at radius 3 is 3.00 bits per heavy atom. The predicted octanol–water partition coefficient (Wildman–Crippen LogP) is 2.48. The van der Waals surface area contributed by atoms with Gasteiger partial charge in [0.25, 0.3) is 0 Å². The molecule has 0 N–H and O–H groups in total. The van der Waals surface area contributed by atoms with Gasteiger partial charge >= 0.3 is 0 Å². The first-order valence-corrected chi connectivity index (χ1v) is 4.39. The zero-order valence-corrected chi connectivity index (χ0v) is 7.78. The molecule has 0 saturated heterocycles. The standard InChI is InChI=1S/C8H11N3S/c1-7(6-12)10-11-8-4-2-3-5-9-8/h2-5,7,12H,6H2,1H3. The monoisotopic (exact) mass is 181 g/mol. The van der Waals surface area contributed by atoms with Crippen molar-refractivity contribution in [2.45, 2.75) is 13.0 Å². The molecule has 0 amide bonds. The van der Waals surface area contributed by atoms with Gasteiger partial charge in [0.2, 0.25) is 0 Å². The number of aromatic nitrogens is 1. The highest BCUT2D eigenvalue weighted by atomic mass is 32.1. The molecule has 1 unspecified atom stereocenters. The third-order valence-corrected chi connectivity index (χ3v) is 1.80. The van der Waals surface area contributed by atoms with Gasteiger partial charge in [-0.1, -0.05) is 6.07 Å². The summed E-state index contributed by atoms with van der Waals surface area (Å²) in [5, 5.41) is 7.94. The number of pyridine rings is 1. The van der Waals surface area contributed by atoms with Gasteiger partial charge in [-0.3, -0.25) is 0 Å². The van der Waals surface area contributed by atoms with Crippen LogP contribution in [-0.2, 0) is 0 Å². The van der Waals surface area contributed by atoms with Crippen LogP contribution in [0.2, 0.25) is 0 Å². The lowest BCUT2D eigenvalue weighted by atomic mass is 10.4.